The molecule has 0 aliphatic carbocycles. The maximum atomic E-state index is 11.7. The number of hydrogen-bond donors (Lipinski definition) is 1. The molecule has 1 fully saturated rings. The lowest BCUT2D eigenvalue weighted by atomic mass is 10.3. The summed E-state index contributed by atoms with van der Waals surface area (Å²) in [6.07, 6.45) is 5.02. The highest BCUT2D eigenvalue weighted by atomic mass is 16.2. The van der Waals surface area contributed by atoms with Crippen LogP contribution in [0.4, 0.5) is 0 Å². The van der Waals surface area contributed by atoms with Crippen LogP contribution in [0.1, 0.15) is 12.8 Å². The van der Waals surface area contributed by atoms with Gasteiger partial charge in [0.2, 0.25) is 5.91 Å². The number of aromatic nitrogens is 2. The van der Waals surface area contributed by atoms with Gasteiger partial charge in [-0.3, -0.25) is 9.48 Å². The minimum atomic E-state index is 0.165. The molecule has 0 radical (unpaired) electrons. The molecule has 5 nitrogen and oxygen atoms in total. The van der Waals surface area contributed by atoms with Crippen LogP contribution in [0, 0.1) is 0 Å². The number of nitrogens with two attached hydrogens (primary N) is 1. The molecule has 1 aliphatic heterocycles. The van der Waals surface area contributed by atoms with Gasteiger partial charge in [0, 0.05) is 44.5 Å². The van der Waals surface area contributed by atoms with E-state index in [-0.39, 0.29) is 11.9 Å². The first-order valence-corrected chi connectivity index (χ1v) is 5.26. The van der Waals surface area contributed by atoms with E-state index in [1.165, 1.54) is 0 Å². The van der Waals surface area contributed by atoms with Gasteiger partial charge in [0.1, 0.15) is 0 Å². The smallest absolute Gasteiger partial charge is 0.224 e. The maximum Gasteiger partial charge on any atom is 0.224 e. The average molecular weight is 208 g/mol. The van der Waals surface area contributed by atoms with Gasteiger partial charge in [-0.2, -0.15) is 5.10 Å². The third-order valence-electron chi connectivity index (χ3n) is 2.69. The van der Waals surface area contributed by atoms with Crippen molar-refractivity contribution in [2.45, 2.75) is 25.4 Å². The molecule has 2 N–H and O–H groups in total. The molecule has 0 bridgehead atoms. The van der Waals surface area contributed by atoms with Crippen LogP contribution in [-0.2, 0) is 11.3 Å². The molecule has 2 heterocycles. The summed E-state index contributed by atoms with van der Waals surface area (Å²) in [5.41, 5.74) is 5.74. The van der Waals surface area contributed by atoms with Crippen LogP contribution in [0.25, 0.3) is 0 Å². The fourth-order valence-electron chi connectivity index (χ4n) is 1.81. The number of amides is 1. The molecule has 1 saturated heterocycles. The summed E-state index contributed by atoms with van der Waals surface area (Å²) < 4.78 is 1.77. The minimum absolute atomic E-state index is 0.165. The number of nitrogens with zero attached hydrogens (tertiary/aromatic N) is 3. The van der Waals surface area contributed by atoms with E-state index in [1.54, 1.807) is 10.9 Å². The van der Waals surface area contributed by atoms with Crippen LogP contribution in [0.3, 0.4) is 0 Å². The molecular formula is C10H16N4O. The van der Waals surface area contributed by atoms with Crippen molar-refractivity contribution in [3.05, 3.63) is 18.5 Å². The lowest BCUT2D eigenvalue weighted by Crippen LogP contribution is -2.32. The lowest BCUT2D eigenvalue weighted by Gasteiger charge is -2.15. The van der Waals surface area contributed by atoms with Gasteiger partial charge < -0.3 is 10.6 Å². The van der Waals surface area contributed by atoms with E-state index in [2.05, 4.69) is 5.10 Å². The van der Waals surface area contributed by atoms with Gasteiger partial charge in [-0.1, -0.05) is 0 Å². The summed E-state index contributed by atoms with van der Waals surface area (Å²) in [5.74, 6) is 0.179. The maximum absolute atomic E-state index is 11.7. The van der Waals surface area contributed by atoms with Crippen LogP contribution >= 0.6 is 0 Å². The first-order valence-electron chi connectivity index (χ1n) is 5.26. The summed E-state index contributed by atoms with van der Waals surface area (Å²) in [4.78, 5) is 13.6. The van der Waals surface area contributed by atoms with Crippen molar-refractivity contribution in [1.29, 1.82) is 0 Å². The molecule has 1 atom stereocenters. The first-order chi connectivity index (χ1) is 7.25. The Labute approximate surface area is 88.8 Å². The predicted octanol–water partition coefficient (Wildman–Crippen LogP) is -0.167. The van der Waals surface area contributed by atoms with Crippen molar-refractivity contribution in [1.82, 2.24) is 14.7 Å². The minimum Gasteiger partial charge on any atom is -0.341 e. The molecule has 5 heteroatoms. The van der Waals surface area contributed by atoms with Gasteiger partial charge in [-0.05, 0) is 12.5 Å². The highest BCUT2D eigenvalue weighted by Gasteiger charge is 2.22. The lowest BCUT2D eigenvalue weighted by molar-refractivity contribution is -0.130. The van der Waals surface area contributed by atoms with Gasteiger partial charge in [0.05, 0.1) is 0 Å². The van der Waals surface area contributed by atoms with E-state index < -0.39 is 0 Å². The zero-order valence-corrected chi connectivity index (χ0v) is 8.67. The van der Waals surface area contributed by atoms with Crippen LogP contribution in [0.2, 0.25) is 0 Å². The number of likely N-dealkylation sites (tertiary alicyclic amines) is 1. The van der Waals surface area contributed by atoms with Crippen LogP contribution in [-0.4, -0.2) is 39.7 Å². The zero-order valence-electron chi connectivity index (χ0n) is 8.67. The van der Waals surface area contributed by atoms with E-state index >= 15 is 0 Å². The second kappa shape index (κ2) is 4.44. The monoisotopic (exact) mass is 208 g/mol. The molecule has 1 aliphatic rings. The van der Waals surface area contributed by atoms with E-state index in [0.717, 1.165) is 13.0 Å². The summed E-state index contributed by atoms with van der Waals surface area (Å²) in [6.45, 7) is 2.16. The standard InChI is InChI=1S/C10H16N4O/c11-9-2-6-13(8-9)10(15)3-7-14-5-1-4-12-14/h1,4-5,9H,2-3,6-8,11H2/t9-/m0/s1. The molecular weight excluding hydrogens is 192 g/mol. The average Bonchev–Trinajstić information content (AvgIpc) is 2.84. The van der Waals surface area contributed by atoms with Crippen molar-refractivity contribution >= 4 is 5.91 Å². The van der Waals surface area contributed by atoms with E-state index in [1.807, 2.05) is 17.2 Å². The van der Waals surface area contributed by atoms with Crippen molar-refractivity contribution < 1.29 is 4.79 Å². The summed E-state index contributed by atoms with van der Waals surface area (Å²) >= 11 is 0. The topological polar surface area (TPSA) is 64.2 Å². The number of hydrogen-bond acceptors (Lipinski definition) is 3. The van der Waals surface area contributed by atoms with Crippen molar-refractivity contribution in [3.63, 3.8) is 0 Å². The highest BCUT2D eigenvalue weighted by molar-refractivity contribution is 5.76. The van der Waals surface area contributed by atoms with Gasteiger partial charge in [-0.25, -0.2) is 0 Å². The molecule has 15 heavy (non-hydrogen) atoms. The van der Waals surface area contributed by atoms with E-state index in [9.17, 15) is 4.79 Å². The van der Waals surface area contributed by atoms with Gasteiger partial charge in [0.25, 0.3) is 0 Å². The summed E-state index contributed by atoms with van der Waals surface area (Å²) in [5, 5.41) is 4.05. The predicted molar refractivity (Wildman–Crippen MR) is 56.0 cm³/mol. The first kappa shape index (κ1) is 10.2. The molecule has 1 amide bonds. The van der Waals surface area contributed by atoms with Gasteiger partial charge in [0.15, 0.2) is 0 Å². The molecule has 0 spiro atoms. The fraction of sp³-hybridized carbons (Fsp3) is 0.600. The molecule has 1 aromatic rings. The Hall–Kier alpha value is -1.36. The Balaban J connectivity index is 1.78. The second-order valence-electron chi connectivity index (χ2n) is 3.91. The molecule has 0 unspecified atom stereocenters. The van der Waals surface area contributed by atoms with Gasteiger partial charge in [-0.15, -0.1) is 0 Å². The van der Waals surface area contributed by atoms with Crippen molar-refractivity contribution in [2.24, 2.45) is 5.73 Å². The Morgan fingerprint density at radius 2 is 2.47 bits per heavy atom. The van der Waals surface area contributed by atoms with Crippen LogP contribution in [0.15, 0.2) is 18.5 Å². The fourth-order valence-corrected chi connectivity index (χ4v) is 1.81. The normalized spacial score (nSPS) is 20.9. The summed E-state index contributed by atoms with van der Waals surface area (Å²) in [7, 11) is 0. The molecule has 82 valence electrons. The molecule has 1 aromatic heterocycles. The zero-order chi connectivity index (χ0) is 10.7. The Morgan fingerprint density at radius 3 is 3.07 bits per heavy atom. The SMILES string of the molecule is N[C@H]1CCN(C(=O)CCn2cccn2)C1. The van der Waals surface area contributed by atoms with E-state index in [4.69, 9.17) is 5.73 Å². The largest absolute Gasteiger partial charge is 0.341 e. The Morgan fingerprint density at radius 1 is 1.60 bits per heavy atom. The Bertz CT molecular complexity index is 322. The van der Waals surface area contributed by atoms with Crippen molar-refractivity contribution in [3.8, 4) is 0 Å². The van der Waals surface area contributed by atoms with E-state index in [0.29, 0.717) is 19.5 Å². The molecule has 0 aromatic carbocycles. The highest BCUT2D eigenvalue weighted by Crippen LogP contribution is 2.08. The number of rotatable bonds is 3. The third-order valence-corrected chi connectivity index (χ3v) is 2.69. The van der Waals surface area contributed by atoms with Crippen LogP contribution in [0.5, 0.6) is 0 Å². The number of carbonyl (C=O) groups excluding carboxylic acids is 1. The Kier molecular flexibility index (Phi) is 3.01. The second-order valence-corrected chi connectivity index (χ2v) is 3.91. The summed E-state index contributed by atoms with van der Waals surface area (Å²) in [6, 6.07) is 2.02. The quantitative estimate of drug-likeness (QED) is 0.750. The van der Waals surface area contributed by atoms with Crippen LogP contribution < -0.4 is 5.73 Å². The molecule has 2 rings (SSSR count). The number of carbonyl (C=O) groups is 1. The van der Waals surface area contributed by atoms with Gasteiger partial charge >= 0.3 is 0 Å². The van der Waals surface area contributed by atoms with Crippen molar-refractivity contribution in [2.75, 3.05) is 13.1 Å². The number of aryl methyl sites for hydroxylation is 1. The molecule has 0 saturated carbocycles. The third kappa shape index (κ3) is 2.56.